The number of aromatic nitrogens is 1. The molecule has 2 heterocycles. The van der Waals surface area contributed by atoms with E-state index in [4.69, 9.17) is 24.7 Å². The van der Waals surface area contributed by atoms with Crippen molar-refractivity contribution in [3.63, 3.8) is 0 Å². The summed E-state index contributed by atoms with van der Waals surface area (Å²) in [5, 5.41) is 0.746. The smallest absolute Gasteiger partial charge is 0.411 e. The molecule has 1 aromatic heterocycles. The molecule has 1 aromatic carbocycles. The number of anilines is 1. The fourth-order valence-electron chi connectivity index (χ4n) is 3.36. The van der Waals surface area contributed by atoms with Crippen LogP contribution in [0.3, 0.4) is 0 Å². The van der Waals surface area contributed by atoms with Gasteiger partial charge in [0, 0.05) is 23.9 Å². The second-order valence-electron chi connectivity index (χ2n) is 8.08. The van der Waals surface area contributed by atoms with Crippen molar-refractivity contribution in [1.82, 2.24) is 9.88 Å². The van der Waals surface area contributed by atoms with Crippen LogP contribution in [0.2, 0.25) is 0 Å². The molecular weight excluding hydrogens is 390 g/mol. The fraction of sp³-hybridized carbons (Fsp3) is 0.476. The Hall–Kier alpha value is -3.23. The molecule has 2 unspecified atom stereocenters. The molecule has 9 nitrogen and oxygen atoms in total. The molecule has 0 aliphatic carbocycles. The molecule has 3 rings (SSSR count). The molecule has 1 fully saturated rings. The minimum Gasteiger partial charge on any atom is -0.497 e. The van der Waals surface area contributed by atoms with E-state index in [1.807, 2.05) is 6.07 Å². The van der Waals surface area contributed by atoms with Gasteiger partial charge in [-0.2, -0.15) is 0 Å². The first kappa shape index (κ1) is 21.5. The van der Waals surface area contributed by atoms with Crippen molar-refractivity contribution >= 4 is 28.8 Å². The monoisotopic (exact) mass is 417 g/mol. The molecule has 2 atom stereocenters. The van der Waals surface area contributed by atoms with Crippen LogP contribution in [0.4, 0.5) is 10.6 Å². The summed E-state index contributed by atoms with van der Waals surface area (Å²) in [6.07, 6.45) is -0.771. The first-order chi connectivity index (χ1) is 14.1. The Balaban J connectivity index is 1.86. The summed E-state index contributed by atoms with van der Waals surface area (Å²) < 4.78 is 21.7. The van der Waals surface area contributed by atoms with Crippen LogP contribution in [0.5, 0.6) is 11.5 Å². The number of hydrogen-bond acceptors (Lipinski definition) is 8. The van der Waals surface area contributed by atoms with E-state index in [9.17, 15) is 9.59 Å². The van der Waals surface area contributed by atoms with Gasteiger partial charge in [0.2, 0.25) is 0 Å². The molecule has 0 bridgehead atoms. The summed E-state index contributed by atoms with van der Waals surface area (Å²) in [6.45, 7) is 5.47. The van der Waals surface area contributed by atoms with E-state index < -0.39 is 29.8 Å². The number of carbonyl (C=O) groups is 2. The lowest BCUT2D eigenvalue weighted by molar-refractivity contribution is -0.145. The van der Waals surface area contributed by atoms with Gasteiger partial charge in [0.15, 0.2) is 0 Å². The van der Waals surface area contributed by atoms with Gasteiger partial charge in [-0.1, -0.05) is 0 Å². The summed E-state index contributed by atoms with van der Waals surface area (Å²) in [5.41, 5.74) is 5.87. The Labute approximate surface area is 175 Å². The number of nitrogen functional groups attached to an aromatic ring is 1. The van der Waals surface area contributed by atoms with E-state index in [0.717, 1.165) is 5.39 Å². The highest BCUT2D eigenvalue weighted by molar-refractivity contribution is 5.88. The fourth-order valence-corrected chi connectivity index (χ4v) is 3.36. The van der Waals surface area contributed by atoms with Gasteiger partial charge >= 0.3 is 12.1 Å². The van der Waals surface area contributed by atoms with Crippen molar-refractivity contribution in [3.8, 4) is 11.5 Å². The molecule has 162 valence electrons. The van der Waals surface area contributed by atoms with Gasteiger partial charge in [-0.15, -0.1) is 0 Å². The number of ether oxygens (including phenoxy) is 4. The zero-order chi connectivity index (χ0) is 22.1. The molecule has 1 amide bonds. The van der Waals surface area contributed by atoms with Gasteiger partial charge in [-0.05, 0) is 32.9 Å². The van der Waals surface area contributed by atoms with Crippen LogP contribution in [-0.2, 0) is 14.3 Å². The van der Waals surface area contributed by atoms with E-state index in [1.165, 1.54) is 12.0 Å². The maximum atomic E-state index is 12.6. The largest absolute Gasteiger partial charge is 0.497 e. The van der Waals surface area contributed by atoms with Crippen LogP contribution in [0.15, 0.2) is 24.3 Å². The summed E-state index contributed by atoms with van der Waals surface area (Å²) in [4.78, 5) is 30.5. The maximum absolute atomic E-state index is 12.6. The number of rotatable bonds is 4. The number of likely N-dealkylation sites (tertiary alicyclic amines) is 1. The molecule has 1 saturated heterocycles. The number of esters is 1. The number of nitrogens with two attached hydrogens (primary N) is 1. The molecule has 1 aliphatic rings. The third kappa shape index (κ3) is 4.67. The number of amides is 1. The maximum Gasteiger partial charge on any atom is 0.411 e. The van der Waals surface area contributed by atoms with Gasteiger partial charge in [0.05, 0.1) is 26.3 Å². The summed E-state index contributed by atoms with van der Waals surface area (Å²) >= 11 is 0. The average Bonchev–Trinajstić information content (AvgIpc) is 3.09. The van der Waals surface area contributed by atoms with Crippen LogP contribution < -0.4 is 15.2 Å². The lowest BCUT2D eigenvalue weighted by Crippen LogP contribution is -2.44. The normalized spacial score (nSPS) is 18.9. The first-order valence-corrected chi connectivity index (χ1v) is 9.59. The summed E-state index contributed by atoms with van der Waals surface area (Å²) in [6, 6.07) is 6.22. The van der Waals surface area contributed by atoms with Crippen LogP contribution in [-0.4, -0.2) is 60.5 Å². The molecule has 0 saturated carbocycles. The van der Waals surface area contributed by atoms with Gasteiger partial charge in [0.1, 0.15) is 35.1 Å². The third-order valence-electron chi connectivity index (χ3n) is 4.66. The molecular formula is C21H27N3O6. The van der Waals surface area contributed by atoms with Crippen LogP contribution >= 0.6 is 0 Å². The highest BCUT2D eigenvalue weighted by Gasteiger charge is 2.43. The van der Waals surface area contributed by atoms with Crippen molar-refractivity contribution in [2.75, 3.05) is 26.5 Å². The van der Waals surface area contributed by atoms with Crippen molar-refractivity contribution in [3.05, 3.63) is 24.3 Å². The Morgan fingerprint density at radius 3 is 2.57 bits per heavy atom. The van der Waals surface area contributed by atoms with Gasteiger partial charge < -0.3 is 24.7 Å². The second kappa shape index (κ2) is 8.25. The summed E-state index contributed by atoms with van der Waals surface area (Å²) in [5.74, 6) is 0.933. The van der Waals surface area contributed by atoms with Gasteiger partial charge in [0.25, 0.3) is 0 Å². The lowest BCUT2D eigenvalue weighted by atomic mass is 10.1. The van der Waals surface area contributed by atoms with Gasteiger partial charge in [-0.25, -0.2) is 14.6 Å². The quantitative estimate of drug-likeness (QED) is 0.756. The molecule has 30 heavy (non-hydrogen) atoms. The van der Waals surface area contributed by atoms with Crippen LogP contribution in [0.25, 0.3) is 10.9 Å². The highest BCUT2D eigenvalue weighted by Crippen LogP contribution is 2.32. The predicted octanol–water partition coefficient (Wildman–Crippen LogP) is 2.76. The zero-order valence-corrected chi connectivity index (χ0v) is 17.8. The standard InChI is InChI=1S/C21H27N3O6/c1-21(2,3)30-20(26)24-11-13(9-16(24)19(25)28-5)29-17-10-18(22)23-15-8-12(27-4)6-7-14(15)17/h6-8,10,13,16H,9,11H2,1-5H3,(H2,22,23). The van der Waals surface area contributed by atoms with Crippen LogP contribution in [0.1, 0.15) is 27.2 Å². The predicted molar refractivity (Wildman–Crippen MR) is 110 cm³/mol. The molecule has 0 radical (unpaired) electrons. The average molecular weight is 417 g/mol. The minimum absolute atomic E-state index is 0.175. The Morgan fingerprint density at radius 2 is 1.93 bits per heavy atom. The van der Waals surface area contributed by atoms with E-state index in [-0.39, 0.29) is 18.8 Å². The van der Waals surface area contributed by atoms with Crippen molar-refractivity contribution in [2.45, 2.75) is 44.9 Å². The molecule has 2 aromatic rings. The number of hydrogen-bond donors (Lipinski definition) is 1. The second-order valence-corrected chi connectivity index (χ2v) is 8.08. The van der Waals surface area contributed by atoms with Crippen molar-refractivity contribution in [1.29, 1.82) is 0 Å². The van der Waals surface area contributed by atoms with Crippen molar-refractivity contribution < 1.29 is 28.5 Å². The number of benzene rings is 1. The van der Waals surface area contributed by atoms with E-state index in [1.54, 1.807) is 46.1 Å². The van der Waals surface area contributed by atoms with E-state index in [2.05, 4.69) is 4.98 Å². The van der Waals surface area contributed by atoms with E-state index >= 15 is 0 Å². The minimum atomic E-state index is -0.791. The highest BCUT2D eigenvalue weighted by atomic mass is 16.6. The molecule has 9 heteroatoms. The lowest BCUT2D eigenvalue weighted by Gasteiger charge is -2.27. The number of nitrogens with zero attached hydrogens (tertiary/aromatic N) is 2. The van der Waals surface area contributed by atoms with Crippen LogP contribution in [0, 0.1) is 0 Å². The van der Waals surface area contributed by atoms with Gasteiger partial charge in [-0.3, -0.25) is 4.90 Å². The molecule has 2 N–H and O–H groups in total. The molecule has 1 aliphatic heterocycles. The first-order valence-electron chi connectivity index (χ1n) is 9.59. The zero-order valence-electron chi connectivity index (χ0n) is 17.8. The number of pyridine rings is 1. The Kier molecular flexibility index (Phi) is 5.91. The number of methoxy groups -OCH3 is 2. The summed E-state index contributed by atoms with van der Waals surface area (Å²) in [7, 11) is 2.86. The third-order valence-corrected chi connectivity index (χ3v) is 4.66. The van der Waals surface area contributed by atoms with E-state index in [0.29, 0.717) is 17.0 Å². The SMILES string of the molecule is COC(=O)C1CC(Oc2cc(N)nc3cc(OC)ccc23)CN1C(=O)OC(C)(C)C. The number of fused-ring (bicyclic) bond motifs is 1. The topological polar surface area (TPSA) is 113 Å². The van der Waals surface area contributed by atoms with Crippen molar-refractivity contribution in [2.24, 2.45) is 0 Å². The Morgan fingerprint density at radius 1 is 1.20 bits per heavy atom. The Bertz CT molecular complexity index is 956. The number of carbonyl (C=O) groups excluding carboxylic acids is 2. The molecule has 0 spiro atoms.